The van der Waals surface area contributed by atoms with Gasteiger partial charge in [0.25, 0.3) is 0 Å². The maximum atomic E-state index is 14.0. The third-order valence-electron chi connectivity index (χ3n) is 7.01. The van der Waals surface area contributed by atoms with Crippen molar-refractivity contribution >= 4 is 32.6 Å². The molecule has 7 nitrogen and oxygen atoms in total. The van der Waals surface area contributed by atoms with Gasteiger partial charge in [-0.25, -0.2) is 12.8 Å². The number of hydrogen-bond acceptors (Lipinski definition) is 4. The Balaban J connectivity index is 1.66. The molecule has 0 radical (unpaired) electrons. The highest BCUT2D eigenvalue weighted by Gasteiger charge is 2.33. The molecule has 0 aliphatic heterocycles. The minimum absolute atomic E-state index is 0.00439. The Kier molecular flexibility index (Phi) is 10.1. The fourth-order valence-electron chi connectivity index (χ4n) is 4.64. The number of amides is 2. The molecule has 0 heterocycles. The molecule has 0 bridgehead atoms. The lowest BCUT2D eigenvalue weighted by molar-refractivity contribution is -0.141. The van der Waals surface area contributed by atoms with Gasteiger partial charge in [0, 0.05) is 26.6 Å². The van der Waals surface area contributed by atoms with Gasteiger partial charge in [-0.1, -0.05) is 86.6 Å². The summed E-state index contributed by atoms with van der Waals surface area (Å²) in [5.74, 6) is -1.13. The summed E-state index contributed by atoms with van der Waals surface area (Å²) in [4.78, 5) is 29.0. The van der Waals surface area contributed by atoms with Crippen LogP contribution in [0.4, 0.5) is 4.39 Å². The van der Waals surface area contributed by atoms with E-state index in [-0.39, 0.29) is 29.7 Å². The van der Waals surface area contributed by atoms with E-state index in [0.717, 1.165) is 20.6 Å². The smallest absolute Gasteiger partial charge is 0.243 e. The molecule has 0 saturated heterocycles. The molecule has 220 valence electrons. The molecule has 0 aromatic heterocycles. The zero-order valence-electron chi connectivity index (χ0n) is 24.0. The van der Waals surface area contributed by atoms with Gasteiger partial charge in [0.1, 0.15) is 11.9 Å². The Morgan fingerprint density at radius 2 is 1.48 bits per heavy atom. The average molecular weight is 590 g/mol. The number of halogens is 1. The lowest BCUT2D eigenvalue weighted by Gasteiger charge is -2.33. The van der Waals surface area contributed by atoms with Gasteiger partial charge in [-0.2, -0.15) is 4.31 Å². The molecule has 0 fully saturated rings. The zero-order valence-corrected chi connectivity index (χ0v) is 24.9. The molecule has 0 spiro atoms. The number of hydrogen-bond donors (Lipinski definition) is 1. The molecule has 1 atom stereocenters. The number of nitrogens with zero attached hydrogens (tertiary/aromatic N) is 2. The minimum atomic E-state index is -4.03. The third-order valence-corrected chi connectivity index (χ3v) is 8.81. The van der Waals surface area contributed by atoms with Gasteiger partial charge < -0.3 is 10.2 Å². The molecule has 1 N–H and O–H groups in total. The maximum absolute atomic E-state index is 14.0. The van der Waals surface area contributed by atoms with Crippen LogP contribution >= 0.6 is 0 Å². The van der Waals surface area contributed by atoms with Crippen LogP contribution < -0.4 is 5.32 Å². The van der Waals surface area contributed by atoms with Crippen LogP contribution in [0.1, 0.15) is 25.0 Å². The van der Waals surface area contributed by atoms with E-state index in [1.807, 2.05) is 68.4 Å². The van der Waals surface area contributed by atoms with Crippen LogP contribution in [0.15, 0.2) is 102 Å². The molecular weight excluding hydrogens is 553 g/mol. The topological polar surface area (TPSA) is 86.8 Å². The minimum Gasteiger partial charge on any atom is -0.354 e. The van der Waals surface area contributed by atoms with E-state index in [1.54, 1.807) is 24.3 Å². The van der Waals surface area contributed by atoms with E-state index in [2.05, 4.69) is 5.32 Å². The van der Waals surface area contributed by atoms with E-state index in [9.17, 15) is 22.4 Å². The van der Waals surface area contributed by atoms with Gasteiger partial charge in [-0.05, 0) is 52.1 Å². The predicted molar refractivity (Wildman–Crippen MR) is 162 cm³/mol. The van der Waals surface area contributed by atoms with E-state index in [4.69, 9.17) is 0 Å². The first-order chi connectivity index (χ1) is 20.0. The van der Waals surface area contributed by atoms with Gasteiger partial charge in [0.2, 0.25) is 21.8 Å². The van der Waals surface area contributed by atoms with E-state index in [0.29, 0.717) is 12.1 Å². The number of fused-ring (bicyclic) bond motifs is 1. The molecule has 4 aromatic rings. The summed E-state index contributed by atoms with van der Waals surface area (Å²) >= 11 is 0. The summed E-state index contributed by atoms with van der Waals surface area (Å²) in [7, 11) is -2.68. The second-order valence-corrected chi connectivity index (χ2v) is 12.8. The summed E-state index contributed by atoms with van der Waals surface area (Å²) in [6, 6.07) is 26.3. The molecule has 1 unspecified atom stereocenters. The first kappa shape index (κ1) is 30.9. The molecule has 4 aromatic carbocycles. The number of carbonyl (C=O) groups excluding carboxylic acids is 2. The van der Waals surface area contributed by atoms with Crippen LogP contribution in [-0.4, -0.2) is 55.6 Å². The first-order valence-corrected chi connectivity index (χ1v) is 15.3. The highest BCUT2D eigenvalue weighted by molar-refractivity contribution is 7.89. The second kappa shape index (κ2) is 13.7. The highest BCUT2D eigenvalue weighted by atomic mass is 32.2. The molecule has 4 rings (SSSR count). The van der Waals surface area contributed by atoms with Crippen molar-refractivity contribution in [2.45, 2.75) is 37.8 Å². The van der Waals surface area contributed by atoms with Gasteiger partial charge >= 0.3 is 0 Å². The van der Waals surface area contributed by atoms with Gasteiger partial charge in [0.05, 0.1) is 11.4 Å². The maximum Gasteiger partial charge on any atom is 0.243 e. The van der Waals surface area contributed by atoms with E-state index < -0.39 is 34.3 Å². The van der Waals surface area contributed by atoms with Crippen LogP contribution in [0.25, 0.3) is 10.8 Å². The summed E-state index contributed by atoms with van der Waals surface area (Å²) in [6.07, 6.45) is 0.221. The Morgan fingerprint density at radius 1 is 0.833 bits per heavy atom. The zero-order chi connectivity index (χ0) is 30.3. The summed E-state index contributed by atoms with van der Waals surface area (Å²) in [6.45, 7) is 3.87. The van der Waals surface area contributed by atoms with Gasteiger partial charge in [-0.3, -0.25) is 9.59 Å². The lowest BCUT2D eigenvalue weighted by Crippen LogP contribution is -2.53. The number of likely N-dealkylation sites (N-methyl/N-ethyl adjacent to an activating group) is 1. The normalized spacial score (nSPS) is 12.4. The largest absolute Gasteiger partial charge is 0.354 e. The van der Waals surface area contributed by atoms with Crippen LogP contribution in [0.5, 0.6) is 0 Å². The molecule has 0 aliphatic rings. The molecule has 2 amide bonds. The van der Waals surface area contributed by atoms with Crippen molar-refractivity contribution in [2.24, 2.45) is 5.92 Å². The van der Waals surface area contributed by atoms with Crippen LogP contribution in [0, 0.1) is 11.7 Å². The fourth-order valence-corrected chi connectivity index (χ4v) is 5.79. The standard InChI is InChI=1S/C33H36FN3O4S/c1-24(2)21-35-33(39)31(19-25-9-5-4-6-10-25)37(22-26-13-16-29(34)17-14-26)32(38)23-36(3)42(40,41)30-18-15-27-11-7-8-12-28(27)20-30/h4-18,20,24,31H,19,21-23H2,1-3H3,(H,35,39). The summed E-state index contributed by atoms with van der Waals surface area (Å²) < 4.78 is 41.8. The number of benzene rings is 4. The monoisotopic (exact) mass is 589 g/mol. The van der Waals surface area contributed by atoms with E-state index in [1.165, 1.54) is 30.1 Å². The molecule has 0 aliphatic carbocycles. The molecule has 0 saturated carbocycles. The van der Waals surface area contributed by atoms with Crippen LogP contribution in [-0.2, 0) is 32.6 Å². The van der Waals surface area contributed by atoms with Crippen LogP contribution in [0.3, 0.4) is 0 Å². The van der Waals surface area contributed by atoms with Crippen molar-refractivity contribution in [3.05, 3.63) is 114 Å². The second-order valence-electron chi connectivity index (χ2n) is 10.8. The Bertz CT molecular complexity index is 1630. The van der Waals surface area contributed by atoms with Crippen molar-refractivity contribution in [1.82, 2.24) is 14.5 Å². The molecule has 42 heavy (non-hydrogen) atoms. The summed E-state index contributed by atoms with van der Waals surface area (Å²) in [5.41, 5.74) is 1.45. The Morgan fingerprint density at radius 3 is 2.14 bits per heavy atom. The third kappa shape index (κ3) is 7.80. The van der Waals surface area contributed by atoms with Crippen LogP contribution in [0.2, 0.25) is 0 Å². The molecule has 9 heteroatoms. The Labute approximate surface area is 247 Å². The van der Waals surface area contributed by atoms with Crippen molar-refractivity contribution in [1.29, 1.82) is 0 Å². The lowest BCUT2D eigenvalue weighted by atomic mass is 10.0. The molecular formula is C33H36FN3O4S. The number of nitrogens with one attached hydrogen (secondary N) is 1. The van der Waals surface area contributed by atoms with Crippen molar-refractivity contribution in [3.8, 4) is 0 Å². The number of sulfonamides is 1. The van der Waals surface area contributed by atoms with Gasteiger partial charge in [-0.15, -0.1) is 0 Å². The fraction of sp³-hybridized carbons (Fsp3) is 0.273. The average Bonchev–Trinajstić information content (AvgIpc) is 2.98. The predicted octanol–water partition coefficient (Wildman–Crippen LogP) is 5.01. The number of carbonyl (C=O) groups is 2. The highest BCUT2D eigenvalue weighted by Crippen LogP contribution is 2.22. The number of rotatable bonds is 12. The quantitative estimate of drug-likeness (QED) is 0.252. The Hall–Kier alpha value is -4.08. The van der Waals surface area contributed by atoms with Gasteiger partial charge in [0.15, 0.2) is 0 Å². The SMILES string of the molecule is CC(C)CNC(=O)C(Cc1ccccc1)N(Cc1ccc(F)cc1)C(=O)CN(C)S(=O)(=O)c1ccc2ccccc2c1. The van der Waals surface area contributed by atoms with Crippen molar-refractivity contribution in [3.63, 3.8) is 0 Å². The van der Waals surface area contributed by atoms with Crippen molar-refractivity contribution in [2.75, 3.05) is 20.1 Å². The summed E-state index contributed by atoms with van der Waals surface area (Å²) in [5, 5.41) is 4.60. The first-order valence-electron chi connectivity index (χ1n) is 13.9. The van der Waals surface area contributed by atoms with Crippen molar-refractivity contribution < 1.29 is 22.4 Å². The van der Waals surface area contributed by atoms with E-state index >= 15 is 0 Å².